The molecule has 1 amide bonds. The van der Waals surface area contributed by atoms with Crippen molar-refractivity contribution in [3.05, 3.63) is 71.6 Å². The van der Waals surface area contributed by atoms with E-state index < -0.39 is 0 Å². The summed E-state index contributed by atoms with van der Waals surface area (Å²) in [6.45, 7) is 2.04. The molecule has 2 aromatic carbocycles. The van der Waals surface area contributed by atoms with E-state index in [9.17, 15) is 9.18 Å². The van der Waals surface area contributed by atoms with Crippen LogP contribution in [0.25, 0.3) is 6.08 Å². The van der Waals surface area contributed by atoms with E-state index in [1.54, 1.807) is 18.2 Å². The van der Waals surface area contributed by atoms with Gasteiger partial charge in [0.25, 0.3) is 0 Å². The maximum absolute atomic E-state index is 12.8. The number of nitrogens with one attached hydrogen (secondary N) is 1. The highest BCUT2D eigenvalue weighted by Crippen LogP contribution is 2.15. The van der Waals surface area contributed by atoms with Crippen LogP contribution in [0.3, 0.4) is 0 Å². The van der Waals surface area contributed by atoms with Gasteiger partial charge < -0.3 is 5.32 Å². The first-order valence-electron chi connectivity index (χ1n) is 6.51. The zero-order chi connectivity index (χ0) is 14.4. The van der Waals surface area contributed by atoms with Gasteiger partial charge in [0.05, 0.1) is 0 Å². The number of anilines is 1. The quantitative estimate of drug-likeness (QED) is 0.834. The third-order valence-electron chi connectivity index (χ3n) is 2.95. The molecule has 2 aromatic rings. The lowest BCUT2D eigenvalue weighted by Gasteiger charge is -2.07. The molecule has 0 bridgehead atoms. The van der Waals surface area contributed by atoms with Crippen molar-refractivity contribution in [1.82, 2.24) is 0 Å². The van der Waals surface area contributed by atoms with Crippen LogP contribution in [0.2, 0.25) is 0 Å². The average Bonchev–Trinajstić information content (AvgIpc) is 2.47. The largest absolute Gasteiger partial charge is 0.322 e. The van der Waals surface area contributed by atoms with Gasteiger partial charge in [-0.15, -0.1) is 0 Å². The lowest BCUT2D eigenvalue weighted by molar-refractivity contribution is -0.111. The summed E-state index contributed by atoms with van der Waals surface area (Å²) in [5.74, 6) is -0.487. The summed E-state index contributed by atoms with van der Waals surface area (Å²) in [6, 6.07) is 13.7. The van der Waals surface area contributed by atoms with Crippen LogP contribution in [0.4, 0.5) is 10.1 Å². The molecular weight excluding hydrogens is 253 g/mol. The molecule has 0 radical (unpaired) electrons. The molecular formula is C17H16FNO. The number of aryl methyl sites for hydroxylation is 1. The Morgan fingerprint density at radius 1 is 1.15 bits per heavy atom. The summed E-state index contributed by atoms with van der Waals surface area (Å²) in [5.41, 5.74) is 2.70. The van der Waals surface area contributed by atoms with E-state index in [4.69, 9.17) is 0 Å². The highest BCUT2D eigenvalue weighted by molar-refractivity contribution is 6.02. The van der Waals surface area contributed by atoms with Gasteiger partial charge in [0, 0.05) is 11.8 Å². The van der Waals surface area contributed by atoms with Crippen molar-refractivity contribution < 1.29 is 9.18 Å². The van der Waals surface area contributed by atoms with Crippen molar-refractivity contribution in [2.24, 2.45) is 0 Å². The zero-order valence-electron chi connectivity index (χ0n) is 11.3. The Morgan fingerprint density at radius 3 is 2.55 bits per heavy atom. The number of benzene rings is 2. The minimum atomic E-state index is -0.288. The molecule has 0 fully saturated rings. The van der Waals surface area contributed by atoms with Gasteiger partial charge in [0.2, 0.25) is 5.91 Å². The summed E-state index contributed by atoms with van der Waals surface area (Å²) in [4.78, 5) is 11.8. The minimum Gasteiger partial charge on any atom is -0.322 e. The van der Waals surface area contributed by atoms with Gasteiger partial charge in [-0.1, -0.05) is 37.3 Å². The van der Waals surface area contributed by atoms with E-state index in [1.165, 1.54) is 18.2 Å². The lowest BCUT2D eigenvalue weighted by Crippen LogP contribution is -2.09. The number of halogens is 1. The molecule has 0 aliphatic rings. The molecule has 0 heterocycles. The maximum atomic E-state index is 12.8. The Bertz CT molecular complexity index is 617. The number of para-hydroxylation sites is 1. The van der Waals surface area contributed by atoms with E-state index in [2.05, 4.69) is 5.32 Å². The normalized spacial score (nSPS) is 10.7. The molecule has 0 spiro atoms. The molecule has 0 atom stereocenters. The molecule has 0 saturated carbocycles. The van der Waals surface area contributed by atoms with Crippen LogP contribution in [-0.2, 0) is 11.2 Å². The Labute approximate surface area is 118 Å². The summed E-state index contributed by atoms with van der Waals surface area (Å²) >= 11 is 0. The predicted octanol–water partition coefficient (Wildman–Crippen LogP) is 4.04. The minimum absolute atomic E-state index is 0.199. The topological polar surface area (TPSA) is 29.1 Å². The molecule has 0 aliphatic carbocycles. The van der Waals surface area contributed by atoms with Gasteiger partial charge in [-0.2, -0.15) is 0 Å². The molecule has 20 heavy (non-hydrogen) atoms. The summed E-state index contributed by atoms with van der Waals surface area (Å²) in [7, 11) is 0. The molecule has 0 unspecified atom stereocenters. The van der Waals surface area contributed by atoms with Gasteiger partial charge in [-0.3, -0.25) is 4.79 Å². The van der Waals surface area contributed by atoms with Gasteiger partial charge in [-0.25, -0.2) is 4.39 Å². The monoisotopic (exact) mass is 269 g/mol. The maximum Gasteiger partial charge on any atom is 0.248 e. The van der Waals surface area contributed by atoms with Crippen molar-refractivity contribution in [3.63, 3.8) is 0 Å². The summed E-state index contributed by atoms with van der Waals surface area (Å²) in [6.07, 6.45) is 3.96. The van der Waals surface area contributed by atoms with E-state index >= 15 is 0 Å². The van der Waals surface area contributed by atoms with Crippen molar-refractivity contribution in [1.29, 1.82) is 0 Å². The van der Waals surface area contributed by atoms with Crippen LogP contribution in [0.15, 0.2) is 54.6 Å². The first-order chi connectivity index (χ1) is 9.69. The molecule has 0 aliphatic heterocycles. The second kappa shape index (κ2) is 6.66. The Hall–Kier alpha value is -2.42. The molecule has 2 nitrogen and oxygen atoms in total. The molecule has 1 N–H and O–H groups in total. The second-order valence-electron chi connectivity index (χ2n) is 4.38. The highest BCUT2D eigenvalue weighted by atomic mass is 19.1. The fourth-order valence-corrected chi connectivity index (χ4v) is 1.87. The fourth-order valence-electron chi connectivity index (χ4n) is 1.87. The molecule has 2 rings (SSSR count). The number of hydrogen-bond acceptors (Lipinski definition) is 1. The van der Waals surface area contributed by atoms with Gasteiger partial charge >= 0.3 is 0 Å². The molecule has 0 saturated heterocycles. The molecule has 3 heteroatoms. The standard InChI is InChI=1S/C17H16FNO/c1-2-14-5-3-4-6-16(14)19-17(20)12-9-13-7-10-15(18)11-8-13/h3-12H,2H2,1H3,(H,19,20). The van der Waals surface area contributed by atoms with E-state index in [0.29, 0.717) is 0 Å². The van der Waals surface area contributed by atoms with Crippen LogP contribution in [-0.4, -0.2) is 5.91 Å². The summed E-state index contributed by atoms with van der Waals surface area (Å²) in [5, 5.41) is 2.84. The van der Waals surface area contributed by atoms with Gasteiger partial charge in [0.15, 0.2) is 0 Å². The number of rotatable bonds is 4. The van der Waals surface area contributed by atoms with Gasteiger partial charge in [0.1, 0.15) is 5.82 Å². The van der Waals surface area contributed by atoms with E-state index in [1.807, 2.05) is 31.2 Å². The fraction of sp³-hybridized carbons (Fsp3) is 0.118. The van der Waals surface area contributed by atoms with Crippen molar-refractivity contribution in [2.45, 2.75) is 13.3 Å². The second-order valence-corrected chi connectivity index (χ2v) is 4.38. The number of carbonyl (C=O) groups is 1. The number of amides is 1. The van der Waals surface area contributed by atoms with Crippen molar-refractivity contribution >= 4 is 17.7 Å². The molecule has 0 aromatic heterocycles. The van der Waals surface area contributed by atoms with Crippen LogP contribution in [0, 0.1) is 5.82 Å². The van der Waals surface area contributed by atoms with Crippen molar-refractivity contribution in [2.75, 3.05) is 5.32 Å². The van der Waals surface area contributed by atoms with Crippen LogP contribution < -0.4 is 5.32 Å². The highest BCUT2D eigenvalue weighted by Gasteiger charge is 2.02. The SMILES string of the molecule is CCc1ccccc1NC(=O)C=Cc1ccc(F)cc1. The molecule has 102 valence electrons. The Balaban J connectivity index is 2.03. The van der Waals surface area contributed by atoms with Crippen LogP contribution in [0.5, 0.6) is 0 Å². The van der Waals surface area contributed by atoms with Crippen LogP contribution in [0.1, 0.15) is 18.1 Å². The number of carbonyl (C=O) groups excluding carboxylic acids is 1. The third kappa shape index (κ3) is 3.79. The predicted molar refractivity (Wildman–Crippen MR) is 79.9 cm³/mol. The summed E-state index contributed by atoms with van der Waals surface area (Å²) < 4.78 is 12.8. The first kappa shape index (κ1) is 14.0. The van der Waals surface area contributed by atoms with Crippen LogP contribution >= 0.6 is 0 Å². The lowest BCUT2D eigenvalue weighted by atomic mass is 10.1. The Morgan fingerprint density at radius 2 is 1.85 bits per heavy atom. The number of hydrogen-bond donors (Lipinski definition) is 1. The van der Waals surface area contributed by atoms with E-state index in [-0.39, 0.29) is 11.7 Å². The van der Waals surface area contributed by atoms with Gasteiger partial charge in [-0.05, 0) is 41.8 Å². The Kier molecular flexibility index (Phi) is 4.66. The van der Waals surface area contributed by atoms with E-state index in [0.717, 1.165) is 23.2 Å². The van der Waals surface area contributed by atoms with Crippen molar-refractivity contribution in [3.8, 4) is 0 Å². The average molecular weight is 269 g/mol. The zero-order valence-corrected chi connectivity index (χ0v) is 11.3. The first-order valence-corrected chi connectivity index (χ1v) is 6.51. The third-order valence-corrected chi connectivity index (χ3v) is 2.95. The smallest absolute Gasteiger partial charge is 0.248 e.